The summed E-state index contributed by atoms with van der Waals surface area (Å²) in [5.74, 6) is -1.92. The molecule has 3 rings (SSSR count). The molecule has 1 N–H and O–H groups in total. The van der Waals surface area contributed by atoms with Gasteiger partial charge in [-0.3, -0.25) is 14.4 Å². The van der Waals surface area contributed by atoms with Crippen LogP contribution < -0.4 is 10.2 Å². The lowest BCUT2D eigenvalue weighted by molar-refractivity contribution is -0.151. The van der Waals surface area contributed by atoms with Crippen molar-refractivity contribution in [1.29, 1.82) is 0 Å². The number of esters is 1. The second-order valence-corrected chi connectivity index (χ2v) is 6.86. The number of ether oxygens (including phenoxy) is 1. The van der Waals surface area contributed by atoms with Crippen molar-refractivity contribution in [1.82, 2.24) is 0 Å². The Morgan fingerprint density at radius 3 is 2.52 bits per heavy atom. The quantitative estimate of drug-likeness (QED) is 0.770. The maximum Gasteiger partial charge on any atom is 0.311 e. The lowest BCUT2D eigenvalue weighted by Gasteiger charge is -2.17. The highest BCUT2D eigenvalue weighted by molar-refractivity contribution is 6.34. The second-order valence-electron chi connectivity index (χ2n) is 6.02. The largest absolute Gasteiger partial charge is 0.455 e. The Morgan fingerprint density at radius 1 is 1.11 bits per heavy atom. The Labute approximate surface area is 166 Å². The van der Waals surface area contributed by atoms with Gasteiger partial charge in [0.05, 0.1) is 16.6 Å². The minimum Gasteiger partial charge on any atom is -0.455 e. The number of anilines is 2. The van der Waals surface area contributed by atoms with Gasteiger partial charge < -0.3 is 15.0 Å². The van der Waals surface area contributed by atoms with Crippen molar-refractivity contribution in [3.05, 3.63) is 58.6 Å². The number of carbonyl (C=O) groups is 3. The average Bonchev–Trinajstić information content (AvgIpc) is 3.04. The van der Waals surface area contributed by atoms with E-state index in [4.69, 9.17) is 27.9 Å². The molecule has 27 heavy (non-hydrogen) atoms. The zero-order valence-corrected chi connectivity index (χ0v) is 15.7. The fourth-order valence-corrected chi connectivity index (χ4v) is 3.12. The number of hydrogen-bond acceptors (Lipinski definition) is 4. The number of rotatable bonds is 5. The maximum absolute atomic E-state index is 12.2. The molecule has 0 bridgehead atoms. The highest BCUT2D eigenvalue weighted by Crippen LogP contribution is 2.31. The topological polar surface area (TPSA) is 75.7 Å². The van der Waals surface area contributed by atoms with E-state index in [0.29, 0.717) is 21.4 Å². The van der Waals surface area contributed by atoms with Crippen molar-refractivity contribution >= 4 is 52.4 Å². The monoisotopic (exact) mass is 406 g/mol. The van der Waals surface area contributed by atoms with Gasteiger partial charge in [0.15, 0.2) is 6.61 Å². The van der Waals surface area contributed by atoms with Crippen LogP contribution in [-0.4, -0.2) is 30.9 Å². The van der Waals surface area contributed by atoms with E-state index in [2.05, 4.69) is 5.32 Å². The highest BCUT2D eigenvalue weighted by atomic mass is 35.5. The predicted molar refractivity (Wildman–Crippen MR) is 103 cm³/mol. The number of halogens is 2. The molecule has 2 aromatic rings. The van der Waals surface area contributed by atoms with E-state index in [9.17, 15) is 14.4 Å². The minimum atomic E-state index is -0.642. The summed E-state index contributed by atoms with van der Waals surface area (Å²) in [5.41, 5.74) is 1.10. The van der Waals surface area contributed by atoms with Crippen LogP contribution in [0.2, 0.25) is 10.0 Å². The third-order valence-corrected chi connectivity index (χ3v) is 4.65. The molecule has 0 aromatic heterocycles. The van der Waals surface area contributed by atoms with Crippen molar-refractivity contribution in [2.45, 2.75) is 6.42 Å². The summed E-state index contributed by atoms with van der Waals surface area (Å²) in [6, 6.07) is 13.5. The van der Waals surface area contributed by atoms with Crippen LogP contribution in [0, 0.1) is 5.92 Å². The lowest BCUT2D eigenvalue weighted by Crippen LogP contribution is -2.28. The van der Waals surface area contributed by atoms with Crippen LogP contribution in [0.25, 0.3) is 0 Å². The van der Waals surface area contributed by atoms with Crippen LogP contribution in [0.5, 0.6) is 0 Å². The fourth-order valence-electron chi connectivity index (χ4n) is 2.75. The third-order valence-electron chi connectivity index (χ3n) is 4.08. The second kappa shape index (κ2) is 8.41. The van der Waals surface area contributed by atoms with E-state index in [1.807, 2.05) is 0 Å². The molecule has 140 valence electrons. The Bertz CT molecular complexity index is 870. The molecule has 6 nitrogen and oxygen atoms in total. The lowest BCUT2D eigenvalue weighted by atomic mass is 10.1. The summed E-state index contributed by atoms with van der Waals surface area (Å²) in [6.45, 7) is -0.265. The first kappa shape index (κ1) is 19.2. The van der Waals surface area contributed by atoms with Crippen molar-refractivity contribution < 1.29 is 19.1 Å². The van der Waals surface area contributed by atoms with E-state index in [0.717, 1.165) is 0 Å². The molecule has 1 aliphatic heterocycles. The molecule has 2 aromatic carbocycles. The third kappa shape index (κ3) is 4.78. The number of nitrogens with one attached hydrogen (secondary N) is 1. The summed E-state index contributed by atoms with van der Waals surface area (Å²) in [5, 5.41) is 3.58. The summed E-state index contributed by atoms with van der Waals surface area (Å²) >= 11 is 11.9. The fraction of sp³-hybridized carbons (Fsp3) is 0.211. The minimum absolute atomic E-state index is 0.0167. The van der Waals surface area contributed by atoms with E-state index >= 15 is 0 Å². The predicted octanol–water partition coefficient (Wildman–Crippen LogP) is 3.53. The molecule has 0 saturated carbocycles. The van der Waals surface area contributed by atoms with E-state index in [1.165, 1.54) is 4.90 Å². The Balaban J connectivity index is 1.53. The highest BCUT2D eigenvalue weighted by Gasteiger charge is 2.37. The molecule has 1 atom stereocenters. The van der Waals surface area contributed by atoms with E-state index in [-0.39, 0.29) is 18.9 Å². The summed E-state index contributed by atoms with van der Waals surface area (Å²) in [7, 11) is 0. The van der Waals surface area contributed by atoms with Gasteiger partial charge in [-0.05, 0) is 36.4 Å². The molecule has 0 aliphatic carbocycles. The van der Waals surface area contributed by atoms with Crippen LogP contribution in [0.15, 0.2) is 48.5 Å². The summed E-state index contributed by atoms with van der Waals surface area (Å²) in [6.07, 6.45) is 0.0167. The first-order valence-electron chi connectivity index (χ1n) is 8.21. The molecule has 0 spiro atoms. The Kier molecular flexibility index (Phi) is 5.98. The smallest absolute Gasteiger partial charge is 0.311 e. The summed E-state index contributed by atoms with van der Waals surface area (Å²) < 4.78 is 5.06. The van der Waals surface area contributed by atoms with Gasteiger partial charge in [-0.25, -0.2) is 0 Å². The van der Waals surface area contributed by atoms with Gasteiger partial charge in [0, 0.05) is 23.7 Å². The average molecular weight is 407 g/mol. The number of carbonyl (C=O) groups excluding carboxylic acids is 3. The zero-order valence-electron chi connectivity index (χ0n) is 14.2. The van der Waals surface area contributed by atoms with E-state index in [1.54, 1.807) is 48.5 Å². The molecule has 1 saturated heterocycles. The van der Waals surface area contributed by atoms with Gasteiger partial charge in [0.1, 0.15) is 0 Å². The molecule has 0 unspecified atom stereocenters. The molecule has 1 aliphatic rings. The van der Waals surface area contributed by atoms with Crippen LogP contribution in [0.3, 0.4) is 0 Å². The molecule has 0 radical (unpaired) electrons. The molecule has 8 heteroatoms. The standard InChI is InChI=1S/C19H16Cl2N2O4/c20-13-5-7-14(8-6-13)22-17(24)11-27-19(26)12-9-18(25)23(10-12)16-4-2-1-3-15(16)21/h1-8,12H,9-11H2,(H,22,24)/t12-/m1/s1. The molecular formula is C19H16Cl2N2O4. The van der Waals surface area contributed by atoms with Gasteiger partial charge in [0.25, 0.3) is 5.91 Å². The van der Waals surface area contributed by atoms with Crippen LogP contribution in [0.1, 0.15) is 6.42 Å². The molecular weight excluding hydrogens is 391 g/mol. The van der Waals surface area contributed by atoms with Crippen molar-refractivity contribution in [3.8, 4) is 0 Å². The van der Waals surface area contributed by atoms with Gasteiger partial charge in [-0.15, -0.1) is 0 Å². The van der Waals surface area contributed by atoms with Crippen molar-refractivity contribution in [2.75, 3.05) is 23.4 Å². The molecule has 1 fully saturated rings. The number of amides is 2. The SMILES string of the molecule is O=C(COC(=O)[C@@H]1CC(=O)N(c2ccccc2Cl)C1)Nc1ccc(Cl)cc1. The van der Waals surface area contributed by atoms with Gasteiger partial charge in [0.2, 0.25) is 5.91 Å². The summed E-state index contributed by atoms with van der Waals surface area (Å²) in [4.78, 5) is 37.8. The van der Waals surface area contributed by atoms with Crippen LogP contribution in [-0.2, 0) is 19.1 Å². The zero-order chi connectivity index (χ0) is 19.4. The molecule has 2 amide bonds. The van der Waals surface area contributed by atoms with Crippen LogP contribution >= 0.6 is 23.2 Å². The Hall–Kier alpha value is -2.57. The van der Waals surface area contributed by atoms with Gasteiger partial charge in [-0.2, -0.15) is 0 Å². The number of nitrogens with zero attached hydrogens (tertiary/aromatic N) is 1. The first-order valence-corrected chi connectivity index (χ1v) is 8.96. The number of para-hydroxylation sites is 1. The molecule has 1 heterocycles. The first-order chi connectivity index (χ1) is 12.9. The number of hydrogen-bond donors (Lipinski definition) is 1. The van der Waals surface area contributed by atoms with Crippen molar-refractivity contribution in [2.24, 2.45) is 5.92 Å². The van der Waals surface area contributed by atoms with Gasteiger partial charge >= 0.3 is 5.97 Å². The van der Waals surface area contributed by atoms with Crippen molar-refractivity contribution in [3.63, 3.8) is 0 Å². The normalized spacial score (nSPS) is 16.3. The van der Waals surface area contributed by atoms with Gasteiger partial charge in [-0.1, -0.05) is 35.3 Å². The van der Waals surface area contributed by atoms with Crippen LogP contribution in [0.4, 0.5) is 11.4 Å². The number of benzene rings is 2. The maximum atomic E-state index is 12.2. The van der Waals surface area contributed by atoms with E-state index < -0.39 is 24.4 Å². The Morgan fingerprint density at radius 2 is 1.81 bits per heavy atom.